The summed E-state index contributed by atoms with van der Waals surface area (Å²) in [5.74, 6) is 0. The third-order valence-corrected chi connectivity index (χ3v) is 2.91. The second kappa shape index (κ2) is 2.49. The van der Waals surface area contributed by atoms with Crippen molar-refractivity contribution in [3.05, 3.63) is 34.0 Å². The van der Waals surface area contributed by atoms with E-state index in [-0.39, 0.29) is 0 Å². The van der Waals surface area contributed by atoms with Crippen LogP contribution in [-0.2, 0) is 0 Å². The van der Waals surface area contributed by atoms with Crippen LogP contribution in [0.5, 0.6) is 0 Å². The summed E-state index contributed by atoms with van der Waals surface area (Å²) in [5.41, 5.74) is 1.15. The number of rotatable bonds is 1. The molecule has 0 nitrogen and oxygen atoms in total. The molecule has 0 heterocycles. The molecule has 0 aromatic rings. The molecule has 0 saturated heterocycles. The van der Waals surface area contributed by atoms with Gasteiger partial charge in [-0.05, 0) is 0 Å². The average molecular weight is 219 g/mol. The number of hydrogen-bond donors (Lipinski definition) is 0. The van der Waals surface area contributed by atoms with Crippen molar-refractivity contribution in [1.82, 2.24) is 0 Å². The van der Waals surface area contributed by atoms with Crippen molar-refractivity contribution < 1.29 is 21.2 Å². The summed E-state index contributed by atoms with van der Waals surface area (Å²) >= 11 is 0.290. The first-order chi connectivity index (χ1) is 3.83. The molecule has 0 aromatic heterocycles. The van der Waals surface area contributed by atoms with E-state index in [9.17, 15) is 0 Å². The molecule has 0 aromatic carbocycles. The molecule has 0 amide bonds. The maximum atomic E-state index is 3.81. The zero-order valence-corrected chi connectivity index (χ0v) is 6.97. The number of halogens is 1. The van der Waals surface area contributed by atoms with E-state index in [1.54, 1.807) is 0 Å². The van der Waals surface area contributed by atoms with Crippen molar-refractivity contribution in [3.63, 3.8) is 0 Å². The number of allylic oxidation sites excluding steroid dienone is 5. The van der Waals surface area contributed by atoms with Crippen LogP contribution in [-0.4, -0.2) is 4.93 Å². The average Bonchev–Trinajstić information content (AvgIpc) is 2.14. The standard InChI is InChI=1S/C7H8I/c1-6-3-4-7(5-6)8-2/h3-5H,1H2,2H3/q-1. The molecule has 0 fully saturated rings. The summed E-state index contributed by atoms with van der Waals surface area (Å²) in [7, 11) is 0. The van der Waals surface area contributed by atoms with E-state index in [1.807, 2.05) is 0 Å². The summed E-state index contributed by atoms with van der Waals surface area (Å²) in [5, 5.41) is 0. The Labute approximate surface area is 60.2 Å². The Morgan fingerprint density at radius 3 is 2.50 bits per heavy atom. The van der Waals surface area contributed by atoms with Crippen LogP contribution in [0.15, 0.2) is 34.0 Å². The van der Waals surface area contributed by atoms with Gasteiger partial charge in [0.15, 0.2) is 0 Å². The first kappa shape index (κ1) is 6.08. The SMILES string of the molecule is C=C1C=CC([I-]C)=C1. The van der Waals surface area contributed by atoms with Crippen molar-refractivity contribution in [2.24, 2.45) is 0 Å². The van der Waals surface area contributed by atoms with E-state index in [0.29, 0.717) is 21.2 Å². The summed E-state index contributed by atoms with van der Waals surface area (Å²) in [6.45, 7) is 3.81. The van der Waals surface area contributed by atoms with Gasteiger partial charge < -0.3 is 0 Å². The molecule has 1 aliphatic carbocycles. The van der Waals surface area contributed by atoms with Crippen LogP contribution in [0.4, 0.5) is 0 Å². The second-order valence-electron chi connectivity index (χ2n) is 1.63. The fourth-order valence-corrected chi connectivity index (χ4v) is 1.83. The molecular weight excluding hydrogens is 211 g/mol. The fraction of sp³-hybridized carbons (Fsp3) is 0.143. The second-order valence-corrected chi connectivity index (χ2v) is 3.95. The molecule has 0 spiro atoms. The molecule has 0 N–H and O–H groups in total. The van der Waals surface area contributed by atoms with Gasteiger partial charge in [0.1, 0.15) is 0 Å². The van der Waals surface area contributed by atoms with Gasteiger partial charge in [-0.25, -0.2) is 0 Å². The van der Waals surface area contributed by atoms with E-state index in [4.69, 9.17) is 0 Å². The predicted octanol–water partition coefficient (Wildman–Crippen LogP) is -1.28. The van der Waals surface area contributed by atoms with Crippen LogP contribution in [0.1, 0.15) is 0 Å². The summed E-state index contributed by atoms with van der Waals surface area (Å²) < 4.78 is 1.49. The minimum absolute atomic E-state index is 0.290. The third-order valence-electron chi connectivity index (χ3n) is 0.998. The zero-order valence-electron chi connectivity index (χ0n) is 4.82. The van der Waals surface area contributed by atoms with E-state index < -0.39 is 0 Å². The predicted molar refractivity (Wildman–Crippen MR) is 32.3 cm³/mol. The van der Waals surface area contributed by atoms with Crippen LogP contribution in [0.25, 0.3) is 0 Å². The van der Waals surface area contributed by atoms with Gasteiger partial charge >= 0.3 is 60.1 Å². The van der Waals surface area contributed by atoms with Gasteiger partial charge in [-0.15, -0.1) is 0 Å². The van der Waals surface area contributed by atoms with Gasteiger partial charge in [0.05, 0.1) is 0 Å². The topological polar surface area (TPSA) is 0 Å². The summed E-state index contributed by atoms with van der Waals surface area (Å²) in [6, 6.07) is 0. The van der Waals surface area contributed by atoms with Gasteiger partial charge in [0.25, 0.3) is 0 Å². The molecular formula is C7H8I-. The van der Waals surface area contributed by atoms with E-state index in [0.717, 1.165) is 5.57 Å². The Morgan fingerprint density at radius 1 is 1.50 bits per heavy atom. The van der Waals surface area contributed by atoms with Gasteiger partial charge in [-0.2, -0.15) is 0 Å². The van der Waals surface area contributed by atoms with Gasteiger partial charge in [-0.1, -0.05) is 0 Å². The molecule has 44 valence electrons. The Balaban J connectivity index is 2.72. The molecule has 1 aliphatic rings. The quantitative estimate of drug-likeness (QED) is 0.380. The van der Waals surface area contributed by atoms with Crippen LogP contribution in [0.3, 0.4) is 0 Å². The molecule has 0 radical (unpaired) electrons. The monoisotopic (exact) mass is 219 g/mol. The van der Waals surface area contributed by atoms with Crippen molar-refractivity contribution >= 4 is 0 Å². The zero-order chi connectivity index (χ0) is 5.98. The molecule has 0 bridgehead atoms. The van der Waals surface area contributed by atoms with E-state index in [2.05, 4.69) is 29.7 Å². The fourth-order valence-electron chi connectivity index (χ4n) is 0.578. The summed E-state index contributed by atoms with van der Waals surface area (Å²) in [4.78, 5) is 2.26. The van der Waals surface area contributed by atoms with Crippen molar-refractivity contribution in [3.8, 4) is 0 Å². The van der Waals surface area contributed by atoms with Crippen molar-refractivity contribution in [1.29, 1.82) is 0 Å². The molecule has 0 unspecified atom stereocenters. The first-order valence-electron chi connectivity index (χ1n) is 2.41. The third kappa shape index (κ3) is 1.22. The molecule has 0 aliphatic heterocycles. The normalized spacial score (nSPS) is 17.6. The Bertz CT molecular complexity index is 163. The van der Waals surface area contributed by atoms with Gasteiger partial charge in [0, 0.05) is 0 Å². The van der Waals surface area contributed by atoms with Crippen molar-refractivity contribution in [2.75, 3.05) is 4.93 Å². The van der Waals surface area contributed by atoms with Crippen LogP contribution >= 0.6 is 0 Å². The first-order valence-corrected chi connectivity index (χ1v) is 5.64. The van der Waals surface area contributed by atoms with E-state index >= 15 is 0 Å². The summed E-state index contributed by atoms with van der Waals surface area (Å²) in [6.07, 6.45) is 6.39. The van der Waals surface area contributed by atoms with Crippen LogP contribution in [0.2, 0.25) is 0 Å². The molecule has 0 atom stereocenters. The molecule has 8 heavy (non-hydrogen) atoms. The molecule has 0 saturated carbocycles. The Hall–Kier alpha value is -0.0500. The Morgan fingerprint density at radius 2 is 2.25 bits per heavy atom. The number of hydrogen-bond acceptors (Lipinski definition) is 0. The van der Waals surface area contributed by atoms with Gasteiger partial charge in [-0.3, -0.25) is 0 Å². The van der Waals surface area contributed by atoms with Gasteiger partial charge in [0.2, 0.25) is 0 Å². The van der Waals surface area contributed by atoms with Crippen molar-refractivity contribution in [2.45, 2.75) is 0 Å². The Kier molecular flexibility index (Phi) is 1.89. The van der Waals surface area contributed by atoms with Crippen LogP contribution in [0, 0.1) is 0 Å². The van der Waals surface area contributed by atoms with E-state index in [1.165, 1.54) is 3.58 Å². The number of alkyl halides is 1. The molecule has 1 heteroatoms. The maximum absolute atomic E-state index is 3.81. The molecule has 1 rings (SSSR count). The minimum atomic E-state index is 0.290. The van der Waals surface area contributed by atoms with Crippen LogP contribution < -0.4 is 21.2 Å².